The van der Waals surface area contributed by atoms with Gasteiger partial charge in [-0.15, -0.1) is 0 Å². The number of ether oxygens (including phenoxy) is 1. The molecule has 2 aliphatic carbocycles. The van der Waals surface area contributed by atoms with Crippen molar-refractivity contribution < 1.29 is 4.74 Å². The third-order valence-electron chi connectivity index (χ3n) is 5.89. The number of unbranched alkanes of at least 4 members (excludes halogenated alkanes) is 2. The van der Waals surface area contributed by atoms with Crippen molar-refractivity contribution in [3.8, 4) is 0 Å². The molecule has 0 heterocycles. The van der Waals surface area contributed by atoms with Crippen LogP contribution in [-0.2, 0) is 4.74 Å². The number of rotatable bonds is 8. The van der Waals surface area contributed by atoms with Gasteiger partial charge in [-0.2, -0.15) is 0 Å². The molecule has 23 heavy (non-hydrogen) atoms. The van der Waals surface area contributed by atoms with Crippen molar-refractivity contribution in [2.24, 2.45) is 17.8 Å². The van der Waals surface area contributed by atoms with Crippen LogP contribution in [0.1, 0.15) is 90.9 Å². The molecule has 1 heteroatoms. The molecule has 0 unspecified atom stereocenters. The lowest BCUT2D eigenvalue weighted by atomic mass is 9.70. The fraction of sp³-hybridized carbons (Fsp3) is 0.818. The van der Waals surface area contributed by atoms with E-state index in [2.05, 4.69) is 32.1 Å². The Labute approximate surface area is 144 Å². The van der Waals surface area contributed by atoms with E-state index in [4.69, 9.17) is 4.74 Å². The predicted molar refractivity (Wildman–Crippen MR) is 100 cm³/mol. The van der Waals surface area contributed by atoms with E-state index in [9.17, 15) is 0 Å². The molecular weight excluding hydrogens is 280 g/mol. The smallest absolute Gasteiger partial charge is 0.0978 e. The van der Waals surface area contributed by atoms with Crippen molar-refractivity contribution in [1.29, 1.82) is 0 Å². The van der Waals surface area contributed by atoms with Crippen molar-refractivity contribution in [1.82, 2.24) is 0 Å². The molecule has 0 N–H and O–H groups in total. The lowest BCUT2D eigenvalue weighted by Crippen LogP contribution is -2.27. The van der Waals surface area contributed by atoms with Gasteiger partial charge in [0.2, 0.25) is 0 Å². The minimum absolute atomic E-state index is 0.493. The first-order chi connectivity index (χ1) is 11.3. The first kappa shape index (κ1) is 18.6. The summed E-state index contributed by atoms with van der Waals surface area (Å²) in [5, 5.41) is 0. The summed E-state index contributed by atoms with van der Waals surface area (Å²) in [6.45, 7) is 4.48. The molecule has 0 aromatic rings. The van der Waals surface area contributed by atoms with Gasteiger partial charge in [-0.3, -0.25) is 0 Å². The Hall–Kier alpha value is -0.720. The highest BCUT2D eigenvalue weighted by Crippen LogP contribution is 2.40. The maximum Gasteiger partial charge on any atom is 0.0978 e. The van der Waals surface area contributed by atoms with Gasteiger partial charge in [0.15, 0.2) is 0 Å². The Morgan fingerprint density at radius 2 is 1.30 bits per heavy atom. The van der Waals surface area contributed by atoms with E-state index in [1.165, 1.54) is 70.6 Å². The zero-order valence-corrected chi connectivity index (χ0v) is 15.5. The predicted octanol–water partition coefficient (Wildman–Crippen LogP) is 7.04. The lowest BCUT2D eigenvalue weighted by molar-refractivity contribution is 0.0649. The summed E-state index contributed by atoms with van der Waals surface area (Å²) < 4.78 is 5.90. The van der Waals surface area contributed by atoms with E-state index in [0.717, 1.165) is 24.2 Å². The summed E-state index contributed by atoms with van der Waals surface area (Å²) in [6, 6.07) is 0. The Bertz CT molecular complexity index is 341. The largest absolute Gasteiger partial charge is 0.498 e. The Balaban J connectivity index is 1.63. The van der Waals surface area contributed by atoms with E-state index in [0.29, 0.717) is 6.10 Å². The van der Waals surface area contributed by atoms with Crippen molar-refractivity contribution in [3.05, 3.63) is 24.5 Å². The molecule has 2 rings (SSSR count). The maximum atomic E-state index is 5.90. The number of hydrogen-bond acceptors (Lipinski definition) is 1. The molecule has 0 spiro atoms. The van der Waals surface area contributed by atoms with Crippen LogP contribution in [0.15, 0.2) is 24.5 Å². The quantitative estimate of drug-likeness (QED) is 0.344. The molecule has 132 valence electrons. The second kappa shape index (κ2) is 10.9. The molecule has 0 bridgehead atoms. The maximum absolute atomic E-state index is 5.90. The summed E-state index contributed by atoms with van der Waals surface area (Å²) in [4.78, 5) is 0. The van der Waals surface area contributed by atoms with Crippen LogP contribution in [0.3, 0.4) is 0 Å². The Kier molecular flexibility index (Phi) is 8.86. The van der Waals surface area contributed by atoms with Crippen molar-refractivity contribution in [2.45, 2.75) is 97.0 Å². The standard InChI is InChI=1S/C22H38O/c1-3-5-7-9-19-10-12-20(13-11-19)21-14-16-22(17-15-21)23-18-8-6-4-2/h7-9,18-22H,3-6,10-17H2,1-2H3/b9-7+,18-8+. The van der Waals surface area contributed by atoms with Crippen LogP contribution in [0.25, 0.3) is 0 Å². The van der Waals surface area contributed by atoms with Gasteiger partial charge in [0.05, 0.1) is 12.4 Å². The fourth-order valence-electron chi connectivity index (χ4n) is 4.36. The van der Waals surface area contributed by atoms with Gasteiger partial charge >= 0.3 is 0 Å². The Morgan fingerprint density at radius 1 is 0.739 bits per heavy atom. The van der Waals surface area contributed by atoms with Crippen LogP contribution in [-0.4, -0.2) is 6.10 Å². The van der Waals surface area contributed by atoms with E-state index in [1.54, 1.807) is 0 Å². The van der Waals surface area contributed by atoms with Crippen LogP contribution >= 0.6 is 0 Å². The molecule has 0 saturated heterocycles. The van der Waals surface area contributed by atoms with Gasteiger partial charge in [0.25, 0.3) is 0 Å². The fourth-order valence-corrected chi connectivity index (χ4v) is 4.36. The van der Waals surface area contributed by atoms with Gasteiger partial charge < -0.3 is 4.74 Å². The molecule has 0 amide bonds. The van der Waals surface area contributed by atoms with Gasteiger partial charge in [-0.1, -0.05) is 38.8 Å². The second-order valence-corrected chi connectivity index (χ2v) is 7.73. The first-order valence-electron chi connectivity index (χ1n) is 10.3. The number of allylic oxidation sites excluding steroid dienone is 3. The molecule has 2 fully saturated rings. The molecule has 0 aromatic carbocycles. The van der Waals surface area contributed by atoms with Crippen LogP contribution in [0.5, 0.6) is 0 Å². The van der Waals surface area contributed by atoms with Crippen LogP contribution in [0, 0.1) is 17.8 Å². The summed E-state index contributed by atoms with van der Waals surface area (Å²) in [5.74, 6) is 2.86. The first-order valence-corrected chi connectivity index (χ1v) is 10.3. The average Bonchev–Trinajstić information content (AvgIpc) is 2.60. The zero-order chi connectivity index (χ0) is 16.3. The summed E-state index contributed by atoms with van der Waals surface area (Å²) in [6.07, 6.45) is 25.6. The molecule has 0 aromatic heterocycles. The normalized spacial score (nSPS) is 32.6. The number of hydrogen-bond donors (Lipinski definition) is 0. The molecular formula is C22H38O. The van der Waals surface area contributed by atoms with E-state index in [1.807, 2.05) is 6.26 Å². The molecule has 0 aliphatic heterocycles. The second-order valence-electron chi connectivity index (χ2n) is 7.73. The SMILES string of the molecule is CCC/C=C/OC1CCC(C2CCC(/C=C/CCC)CC2)CC1. The highest BCUT2D eigenvalue weighted by Gasteiger charge is 2.30. The van der Waals surface area contributed by atoms with E-state index < -0.39 is 0 Å². The lowest BCUT2D eigenvalue weighted by Gasteiger charge is -2.37. The van der Waals surface area contributed by atoms with Crippen LogP contribution in [0.2, 0.25) is 0 Å². The van der Waals surface area contributed by atoms with E-state index in [-0.39, 0.29) is 0 Å². The van der Waals surface area contributed by atoms with Crippen molar-refractivity contribution >= 4 is 0 Å². The monoisotopic (exact) mass is 318 g/mol. The Morgan fingerprint density at radius 3 is 1.91 bits per heavy atom. The minimum atomic E-state index is 0.493. The third kappa shape index (κ3) is 6.73. The molecule has 2 saturated carbocycles. The summed E-state index contributed by atoms with van der Waals surface area (Å²) in [5.41, 5.74) is 0. The van der Waals surface area contributed by atoms with Gasteiger partial charge in [0.1, 0.15) is 0 Å². The van der Waals surface area contributed by atoms with Crippen molar-refractivity contribution in [3.63, 3.8) is 0 Å². The molecule has 0 radical (unpaired) electrons. The van der Waals surface area contributed by atoms with Gasteiger partial charge in [0, 0.05) is 0 Å². The molecule has 2 aliphatic rings. The average molecular weight is 319 g/mol. The van der Waals surface area contributed by atoms with Gasteiger partial charge in [-0.05, 0) is 88.0 Å². The van der Waals surface area contributed by atoms with Crippen LogP contribution in [0.4, 0.5) is 0 Å². The minimum Gasteiger partial charge on any atom is -0.498 e. The topological polar surface area (TPSA) is 9.23 Å². The summed E-state index contributed by atoms with van der Waals surface area (Å²) in [7, 11) is 0. The van der Waals surface area contributed by atoms with Crippen molar-refractivity contribution in [2.75, 3.05) is 0 Å². The third-order valence-corrected chi connectivity index (χ3v) is 5.89. The zero-order valence-electron chi connectivity index (χ0n) is 15.5. The van der Waals surface area contributed by atoms with E-state index >= 15 is 0 Å². The van der Waals surface area contributed by atoms with Gasteiger partial charge in [-0.25, -0.2) is 0 Å². The molecule has 0 atom stereocenters. The van der Waals surface area contributed by atoms with Crippen LogP contribution < -0.4 is 0 Å². The summed E-state index contributed by atoms with van der Waals surface area (Å²) >= 11 is 0. The highest BCUT2D eigenvalue weighted by atomic mass is 16.5. The highest BCUT2D eigenvalue weighted by molar-refractivity contribution is 4.92. The molecule has 1 nitrogen and oxygen atoms in total.